The highest BCUT2D eigenvalue weighted by Gasteiger charge is 2.21. The molecule has 0 aliphatic rings. The molecule has 13 aromatic rings. The molecule has 2 nitrogen and oxygen atoms in total. The molecule has 0 radical (unpaired) electrons. The zero-order valence-electron chi connectivity index (χ0n) is 30.4. The van der Waals surface area contributed by atoms with Crippen LogP contribution >= 0.6 is 34.0 Å². The zero-order valence-corrected chi connectivity index (χ0v) is 32.9. The Morgan fingerprint density at radius 2 is 0.754 bits per heavy atom. The summed E-state index contributed by atoms with van der Waals surface area (Å²) in [5, 5.41) is 15.1. The van der Waals surface area contributed by atoms with Crippen molar-refractivity contribution < 1.29 is 0 Å². The average molecular weight is 779 g/mol. The summed E-state index contributed by atoms with van der Waals surface area (Å²) >= 11 is 5.68. The third kappa shape index (κ3) is 4.50. The van der Waals surface area contributed by atoms with E-state index >= 15 is 0 Å². The third-order valence-electron chi connectivity index (χ3n) is 11.9. The first-order valence-corrected chi connectivity index (χ1v) is 21.8. The first-order valence-electron chi connectivity index (χ1n) is 19.2. The summed E-state index contributed by atoms with van der Waals surface area (Å²) in [7, 11) is 0. The molecule has 5 heterocycles. The maximum Gasteiger partial charge on any atom is 0.0541 e. The van der Waals surface area contributed by atoms with Gasteiger partial charge in [-0.15, -0.1) is 34.0 Å². The molecule has 0 bridgehead atoms. The van der Waals surface area contributed by atoms with Gasteiger partial charge in [-0.2, -0.15) is 0 Å². The number of nitrogens with zero attached hydrogens (tertiary/aromatic N) is 2. The van der Waals surface area contributed by atoms with Crippen LogP contribution in [0.5, 0.6) is 0 Å². The lowest BCUT2D eigenvalue weighted by atomic mass is 9.96. The van der Waals surface area contributed by atoms with Crippen LogP contribution < -0.4 is 0 Å². The minimum atomic E-state index is 1.18. The zero-order chi connectivity index (χ0) is 37.2. The van der Waals surface area contributed by atoms with E-state index in [1.165, 1.54) is 118 Å². The van der Waals surface area contributed by atoms with Crippen molar-refractivity contribution in [2.75, 3.05) is 0 Å². The Labute approximate surface area is 339 Å². The van der Waals surface area contributed by atoms with Crippen molar-refractivity contribution in [2.45, 2.75) is 0 Å². The monoisotopic (exact) mass is 778 g/mol. The Morgan fingerprint density at radius 1 is 0.333 bits per heavy atom. The molecule has 5 aromatic heterocycles. The predicted molar refractivity (Wildman–Crippen MR) is 250 cm³/mol. The second-order valence-electron chi connectivity index (χ2n) is 14.9. The molecule has 57 heavy (non-hydrogen) atoms. The summed E-state index contributed by atoms with van der Waals surface area (Å²) in [6.07, 6.45) is 0. The molecule has 0 N–H and O–H groups in total. The van der Waals surface area contributed by atoms with Crippen LogP contribution in [0.15, 0.2) is 181 Å². The molecule has 0 aliphatic heterocycles. The first kappa shape index (κ1) is 31.7. The maximum atomic E-state index is 2.47. The van der Waals surface area contributed by atoms with E-state index in [0.717, 1.165) is 0 Å². The highest BCUT2D eigenvalue weighted by molar-refractivity contribution is 7.28. The number of hydrogen-bond acceptors (Lipinski definition) is 3. The fourth-order valence-electron chi connectivity index (χ4n) is 9.44. The van der Waals surface area contributed by atoms with Gasteiger partial charge in [0.25, 0.3) is 0 Å². The summed E-state index contributed by atoms with van der Waals surface area (Å²) in [6.45, 7) is 0. The Kier molecular flexibility index (Phi) is 6.67. The number of hydrogen-bond donors (Lipinski definition) is 0. The highest BCUT2D eigenvalue weighted by Crippen LogP contribution is 2.50. The molecule has 0 unspecified atom stereocenters. The maximum absolute atomic E-state index is 2.47. The van der Waals surface area contributed by atoms with E-state index in [4.69, 9.17) is 0 Å². The van der Waals surface area contributed by atoms with Gasteiger partial charge in [-0.25, -0.2) is 0 Å². The SMILES string of the molecule is c1ccc(-n2c3ccccc3c3cc(-c4cc5sc6cc(-c7ccc8c(c7)c7ccccc7n8-c7ccccc7)c7ccsc7c6c5c5sccc45)ccc32)cc1. The summed E-state index contributed by atoms with van der Waals surface area (Å²) in [4.78, 5) is 0. The van der Waals surface area contributed by atoms with E-state index in [1.807, 2.05) is 34.0 Å². The van der Waals surface area contributed by atoms with Crippen LogP contribution in [0.4, 0.5) is 0 Å². The summed E-state index contributed by atoms with van der Waals surface area (Å²) in [5.74, 6) is 0. The van der Waals surface area contributed by atoms with Crippen molar-refractivity contribution in [3.8, 4) is 33.6 Å². The summed E-state index contributed by atoms with van der Waals surface area (Å²) in [6, 6.07) is 62.8. The standard InChI is InChI=1S/C52H30N2S3/c1-3-11-33(12-4-1)53-43-17-9-7-15-35(43)41-27-31(19-21-45(41)53)39-29-47-49(51-37(39)23-25-55-51)50-48(57-47)30-40(38-24-26-56-52(38)50)32-20-22-46-42(28-32)36-16-8-10-18-44(36)54(46)34-13-5-2-6-14-34/h1-30H. The number of aromatic nitrogens is 2. The van der Waals surface area contributed by atoms with Crippen LogP contribution in [0.25, 0.3) is 118 Å². The van der Waals surface area contributed by atoms with Crippen LogP contribution in [0.3, 0.4) is 0 Å². The van der Waals surface area contributed by atoms with E-state index in [0.29, 0.717) is 0 Å². The highest BCUT2D eigenvalue weighted by atomic mass is 32.1. The minimum absolute atomic E-state index is 1.18. The Morgan fingerprint density at radius 3 is 1.23 bits per heavy atom. The van der Waals surface area contributed by atoms with Crippen LogP contribution in [0.1, 0.15) is 0 Å². The van der Waals surface area contributed by atoms with Gasteiger partial charge < -0.3 is 9.13 Å². The van der Waals surface area contributed by atoms with E-state index in [2.05, 4.69) is 190 Å². The van der Waals surface area contributed by atoms with Gasteiger partial charge >= 0.3 is 0 Å². The normalized spacial score (nSPS) is 12.2. The van der Waals surface area contributed by atoms with Gasteiger partial charge in [0.05, 0.1) is 22.1 Å². The molecule has 0 atom stereocenters. The second-order valence-corrected chi connectivity index (χ2v) is 17.8. The lowest BCUT2D eigenvalue weighted by Gasteiger charge is -2.10. The van der Waals surface area contributed by atoms with Crippen molar-refractivity contribution in [1.29, 1.82) is 0 Å². The molecular weight excluding hydrogens is 749 g/mol. The van der Waals surface area contributed by atoms with Crippen molar-refractivity contribution in [3.05, 3.63) is 181 Å². The van der Waals surface area contributed by atoms with Crippen molar-refractivity contribution in [1.82, 2.24) is 9.13 Å². The molecular formula is C52H30N2S3. The fraction of sp³-hybridized carbons (Fsp3) is 0. The second kappa shape index (κ2) is 12.0. The Hall–Kier alpha value is -6.50. The third-order valence-corrected chi connectivity index (χ3v) is 14.8. The van der Waals surface area contributed by atoms with Crippen LogP contribution in [-0.2, 0) is 0 Å². The largest absolute Gasteiger partial charge is 0.309 e. The van der Waals surface area contributed by atoms with E-state index in [1.54, 1.807) is 0 Å². The molecule has 0 saturated carbocycles. The summed E-state index contributed by atoms with van der Waals surface area (Å²) in [5.41, 5.74) is 12.4. The molecule has 0 aliphatic carbocycles. The topological polar surface area (TPSA) is 9.86 Å². The molecule has 0 saturated heterocycles. The van der Waals surface area contributed by atoms with E-state index < -0.39 is 0 Å². The average Bonchev–Trinajstić information content (AvgIpc) is 4.11. The van der Waals surface area contributed by atoms with Crippen LogP contribution in [0.2, 0.25) is 0 Å². The van der Waals surface area contributed by atoms with Crippen molar-refractivity contribution >= 4 is 118 Å². The van der Waals surface area contributed by atoms with Crippen molar-refractivity contribution in [3.63, 3.8) is 0 Å². The first-order chi connectivity index (χ1) is 28.3. The number of fused-ring (bicyclic) bond motifs is 13. The molecule has 266 valence electrons. The number of para-hydroxylation sites is 4. The van der Waals surface area contributed by atoms with Gasteiger partial charge in [0.1, 0.15) is 0 Å². The van der Waals surface area contributed by atoms with Gasteiger partial charge in [-0.05, 0) is 118 Å². The quantitative estimate of drug-likeness (QED) is 0.168. The fourth-order valence-corrected chi connectivity index (χ4v) is 12.7. The van der Waals surface area contributed by atoms with E-state index in [9.17, 15) is 0 Å². The molecule has 8 aromatic carbocycles. The molecule has 0 spiro atoms. The molecule has 0 amide bonds. The number of thiophene rings is 3. The van der Waals surface area contributed by atoms with Gasteiger partial charge in [-0.1, -0.05) is 84.9 Å². The smallest absolute Gasteiger partial charge is 0.0541 e. The molecule has 0 fully saturated rings. The Balaban J connectivity index is 1.02. The Bertz CT molecular complexity index is 3500. The van der Waals surface area contributed by atoms with Crippen LogP contribution in [-0.4, -0.2) is 9.13 Å². The minimum Gasteiger partial charge on any atom is -0.309 e. The number of rotatable bonds is 4. The number of benzene rings is 8. The van der Waals surface area contributed by atoms with E-state index in [-0.39, 0.29) is 0 Å². The van der Waals surface area contributed by atoms with Crippen LogP contribution in [0, 0.1) is 0 Å². The summed E-state index contributed by atoms with van der Waals surface area (Å²) < 4.78 is 10.2. The molecule has 5 heteroatoms. The lowest BCUT2D eigenvalue weighted by Crippen LogP contribution is -1.92. The van der Waals surface area contributed by atoms with Gasteiger partial charge in [-0.3, -0.25) is 0 Å². The van der Waals surface area contributed by atoms with Gasteiger partial charge in [0, 0.05) is 73.3 Å². The van der Waals surface area contributed by atoms with Gasteiger partial charge in [0.15, 0.2) is 0 Å². The van der Waals surface area contributed by atoms with Gasteiger partial charge in [0.2, 0.25) is 0 Å². The van der Waals surface area contributed by atoms with Crippen molar-refractivity contribution in [2.24, 2.45) is 0 Å². The predicted octanol–water partition coefficient (Wildman–Crippen LogP) is 16.0. The lowest BCUT2D eigenvalue weighted by molar-refractivity contribution is 1.18. The molecule has 13 rings (SSSR count).